The zero-order valence-electron chi connectivity index (χ0n) is 9.14. The average molecular weight is 224 g/mol. The lowest BCUT2D eigenvalue weighted by atomic mass is 10.0. The molecule has 0 saturated carbocycles. The molecule has 17 heavy (non-hydrogen) atoms. The van der Waals surface area contributed by atoms with Crippen molar-refractivity contribution in [2.75, 3.05) is 11.5 Å². The summed E-state index contributed by atoms with van der Waals surface area (Å²) in [5.41, 5.74) is 16.1. The highest BCUT2D eigenvalue weighted by molar-refractivity contribution is 5.96. The van der Waals surface area contributed by atoms with Crippen LogP contribution in [-0.2, 0) is 0 Å². The summed E-state index contributed by atoms with van der Waals surface area (Å²) in [6.45, 7) is 0. The predicted molar refractivity (Wildman–Crippen MR) is 70.4 cm³/mol. The van der Waals surface area contributed by atoms with Gasteiger partial charge >= 0.3 is 0 Å². The molecular formula is C13H12N4. The molecule has 0 saturated heterocycles. The van der Waals surface area contributed by atoms with Crippen molar-refractivity contribution in [2.24, 2.45) is 0 Å². The van der Waals surface area contributed by atoms with Gasteiger partial charge in [-0.05, 0) is 35.9 Å². The van der Waals surface area contributed by atoms with E-state index in [0.717, 1.165) is 22.2 Å². The van der Waals surface area contributed by atoms with E-state index in [-0.39, 0.29) is 0 Å². The predicted octanol–water partition coefficient (Wildman–Crippen LogP) is 2.39. The second-order valence-corrected chi connectivity index (χ2v) is 3.95. The molecular weight excluding hydrogens is 212 g/mol. The van der Waals surface area contributed by atoms with E-state index in [2.05, 4.69) is 9.97 Å². The van der Waals surface area contributed by atoms with Gasteiger partial charge in [-0.3, -0.25) is 0 Å². The van der Waals surface area contributed by atoms with E-state index in [0.29, 0.717) is 11.4 Å². The third-order valence-corrected chi connectivity index (χ3v) is 2.83. The number of aromatic nitrogens is 2. The van der Waals surface area contributed by atoms with Crippen molar-refractivity contribution < 1.29 is 0 Å². The van der Waals surface area contributed by atoms with Crippen LogP contribution in [0.25, 0.3) is 22.2 Å². The molecule has 0 aliphatic rings. The largest absolute Gasteiger partial charge is 0.399 e. The van der Waals surface area contributed by atoms with Gasteiger partial charge in [0.1, 0.15) is 5.65 Å². The number of fused-ring (bicyclic) bond motifs is 1. The van der Waals surface area contributed by atoms with Crippen molar-refractivity contribution >= 4 is 22.4 Å². The molecule has 0 atom stereocenters. The molecule has 2 heterocycles. The van der Waals surface area contributed by atoms with Gasteiger partial charge in [0.25, 0.3) is 0 Å². The van der Waals surface area contributed by atoms with Gasteiger partial charge in [0, 0.05) is 34.7 Å². The number of hydrogen-bond donors (Lipinski definition) is 3. The number of aromatic amines is 1. The van der Waals surface area contributed by atoms with E-state index in [4.69, 9.17) is 11.5 Å². The third-order valence-electron chi connectivity index (χ3n) is 2.83. The normalized spacial score (nSPS) is 10.8. The molecule has 4 heteroatoms. The molecule has 0 spiro atoms. The Morgan fingerprint density at radius 3 is 2.76 bits per heavy atom. The quantitative estimate of drug-likeness (QED) is 0.555. The fourth-order valence-corrected chi connectivity index (χ4v) is 2.00. The Hall–Kier alpha value is -2.49. The van der Waals surface area contributed by atoms with Crippen molar-refractivity contribution in [2.45, 2.75) is 0 Å². The standard InChI is InChI=1S/C13H12N4/c14-8-1-2-12(15)11(7-8)9-3-5-16-13-10(9)4-6-17-13/h1-7H,14-15H2,(H,16,17). The molecule has 84 valence electrons. The molecule has 4 nitrogen and oxygen atoms in total. The first-order valence-corrected chi connectivity index (χ1v) is 5.33. The highest BCUT2D eigenvalue weighted by atomic mass is 14.8. The Labute approximate surface area is 98.3 Å². The van der Waals surface area contributed by atoms with E-state index >= 15 is 0 Å². The van der Waals surface area contributed by atoms with Crippen molar-refractivity contribution in [1.29, 1.82) is 0 Å². The zero-order chi connectivity index (χ0) is 11.8. The van der Waals surface area contributed by atoms with Gasteiger partial charge in [-0.25, -0.2) is 4.98 Å². The lowest BCUT2D eigenvalue weighted by molar-refractivity contribution is 1.33. The molecule has 0 unspecified atom stereocenters. The first-order valence-electron chi connectivity index (χ1n) is 5.33. The van der Waals surface area contributed by atoms with Crippen LogP contribution in [-0.4, -0.2) is 9.97 Å². The highest BCUT2D eigenvalue weighted by Crippen LogP contribution is 2.32. The highest BCUT2D eigenvalue weighted by Gasteiger charge is 2.08. The summed E-state index contributed by atoms with van der Waals surface area (Å²) in [7, 11) is 0. The van der Waals surface area contributed by atoms with Crippen LogP contribution >= 0.6 is 0 Å². The van der Waals surface area contributed by atoms with Crippen LogP contribution in [0.3, 0.4) is 0 Å². The van der Waals surface area contributed by atoms with Crippen LogP contribution in [0, 0.1) is 0 Å². The van der Waals surface area contributed by atoms with Gasteiger partial charge in [0.2, 0.25) is 0 Å². The Morgan fingerprint density at radius 2 is 1.88 bits per heavy atom. The summed E-state index contributed by atoms with van der Waals surface area (Å²) in [6.07, 6.45) is 3.63. The smallest absolute Gasteiger partial charge is 0.137 e. The number of nitrogen functional groups attached to an aromatic ring is 2. The van der Waals surface area contributed by atoms with E-state index in [1.54, 1.807) is 12.3 Å². The average Bonchev–Trinajstić information content (AvgIpc) is 2.80. The maximum atomic E-state index is 6.00. The summed E-state index contributed by atoms with van der Waals surface area (Å²) in [5.74, 6) is 0. The number of anilines is 2. The molecule has 0 bridgehead atoms. The second-order valence-electron chi connectivity index (χ2n) is 3.95. The van der Waals surface area contributed by atoms with Gasteiger partial charge < -0.3 is 16.5 Å². The van der Waals surface area contributed by atoms with E-state index in [9.17, 15) is 0 Å². The molecule has 0 aliphatic heterocycles. The molecule has 0 fully saturated rings. The molecule has 0 radical (unpaired) electrons. The van der Waals surface area contributed by atoms with Gasteiger partial charge in [-0.2, -0.15) is 0 Å². The van der Waals surface area contributed by atoms with Crippen molar-refractivity contribution in [1.82, 2.24) is 9.97 Å². The number of benzene rings is 1. The SMILES string of the molecule is Nc1ccc(N)c(-c2ccnc3[nH]ccc23)c1. The molecule has 5 N–H and O–H groups in total. The van der Waals surface area contributed by atoms with Gasteiger partial charge in [0.15, 0.2) is 0 Å². The fourth-order valence-electron chi connectivity index (χ4n) is 2.00. The van der Waals surface area contributed by atoms with Crippen molar-refractivity contribution in [3.05, 3.63) is 42.7 Å². The molecule has 0 amide bonds. The summed E-state index contributed by atoms with van der Waals surface area (Å²) < 4.78 is 0. The molecule has 3 aromatic rings. The van der Waals surface area contributed by atoms with Gasteiger partial charge in [0.05, 0.1) is 0 Å². The van der Waals surface area contributed by atoms with Gasteiger partial charge in [-0.15, -0.1) is 0 Å². The Kier molecular flexibility index (Phi) is 2.01. The summed E-state index contributed by atoms with van der Waals surface area (Å²) in [5, 5.41) is 1.05. The van der Waals surface area contributed by atoms with E-state index in [1.807, 2.05) is 30.5 Å². The van der Waals surface area contributed by atoms with Crippen LogP contribution in [0.5, 0.6) is 0 Å². The van der Waals surface area contributed by atoms with Gasteiger partial charge in [-0.1, -0.05) is 0 Å². The third kappa shape index (κ3) is 1.50. The minimum absolute atomic E-state index is 0.703. The van der Waals surface area contributed by atoms with E-state index in [1.165, 1.54) is 0 Å². The molecule has 1 aromatic carbocycles. The van der Waals surface area contributed by atoms with Crippen LogP contribution in [0.4, 0.5) is 11.4 Å². The lowest BCUT2D eigenvalue weighted by Gasteiger charge is -2.08. The van der Waals surface area contributed by atoms with Crippen LogP contribution < -0.4 is 11.5 Å². The van der Waals surface area contributed by atoms with Crippen molar-refractivity contribution in [3.8, 4) is 11.1 Å². The number of pyridine rings is 1. The second kappa shape index (κ2) is 3.52. The monoisotopic (exact) mass is 224 g/mol. The minimum Gasteiger partial charge on any atom is -0.399 e. The Morgan fingerprint density at radius 1 is 1.00 bits per heavy atom. The Bertz CT molecular complexity index is 685. The topological polar surface area (TPSA) is 80.7 Å². The maximum absolute atomic E-state index is 6.00. The molecule has 2 aromatic heterocycles. The van der Waals surface area contributed by atoms with E-state index < -0.39 is 0 Å². The number of rotatable bonds is 1. The maximum Gasteiger partial charge on any atom is 0.137 e. The summed E-state index contributed by atoms with van der Waals surface area (Å²) >= 11 is 0. The number of nitrogens with one attached hydrogen (secondary N) is 1. The van der Waals surface area contributed by atoms with Crippen LogP contribution in [0.2, 0.25) is 0 Å². The zero-order valence-corrected chi connectivity index (χ0v) is 9.14. The summed E-state index contributed by atoms with van der Waals surface area (Å²) in [4.78, 5) is 7.33. The number of H-pyrrole nitrogens is 1. The molecule has 0 aliphatic carbocycles. The minimum atomic E-state index is 0.703. The number of nitrogens with zero attached hydrogens (tertiary/aromatic N) is 1. The van der Waals surface area contributed by atoms with Crippen LogP contribution in [0.15, 0.2) is 42.7 Å². The lowest BCUT2D eigenvalue weighted by Crippen LogP contribution is -1.93. The number of hydrogen-bond acceptors (Lipinski definition) is 3. The fraction of sp³-hybridized carbons (Fsp3) is 0. The summed E-state index contributed by atoms with van der Waals surface area (Å²) in [6, 6.07) is 9.44. The Balaban J connectivity index is 2.34. The molecule has 3 rings (SSSR count). The number of nitrogens with two attached hydrogens (primary N) is 2. The van der Waals surface area contributed by atoms with Crippen molar-refractivity contribution in [3.63, 3.8) is 0 Å². The first-order chi connectivity index (χ1) is 8.25. The van der Waals surface area contributed by atoms with Crippen LogP contribution in [0.1, 0.15) is 0 Å². The first kappa shape index (κ1) is 9.72.